The molecule has 1 aromatic heterocycles. The maximum atomic E-state index is 15.9. The lowest BCUT2D eigenvalue weighted by molar-refractivity contribution is 0.0596. The third-order valence-corrected chi connectivity index (χ3v) is 20.2. The van der Waals surface area contributed by atoms with E-state index in [1.807, 2.05) is 60.7 Å². The van der Waals surface area contributed by atoms with E-state index in [1.54, 1.807) is 45.6 Å². The highest BCUT2D eigenvalue weighted by atomic mass is 127. The van der Waals surface area contributed by atoms with Crippen LogP contribution in [0, 0.1) is 8.99 Å². The SMILES string of the molecule is COc1ccc(CN(Cc2ccc(OC)cc2)S(=O)(=O)c2c(S[C@@H]([C@@H](COC(N)=O)O[Si](C)(C)C(C)(C)C)C(C)(C)C)ccc(I)c2-c2nnn(Cc3ccc(OC)cc3)n2)cc1. The van der Waals surface area contributed by atoms with E-state index in [4.69, 9.17) is 34.2 Å². The minimum atomic E-state index is -4.44. The zero-order valence-electron chi connectivity index (χ0n) is 37.8. The molecule has 1 heterocycles. The third-order valence-electron chi connectivity index (χ3n) is 11.0. The number of thioether (sulfide) groups is 1. The molecule has 0 aliphatic heterocycles. The Balaban J connectivity index is 1.74. The third kappa shape index (κ3) is 12.7. The largest absolute Gasteiger partial charge is 0.497 e. The molecule has 0 aliphatic rings. The number of carbonyl (C=O) groups excluding carboxylic acids is 1. The van der Waals surface area contributed by atoms with Crippen LogP contribution in [0.25, 0.3) is 11.4 Å². The maximum absolute atomic E-state index is 15.9. The van der Waals surface area contributed by atoms with Crippen molar-refractivity contribution in [3.8, 4) is 28.6 Å². The van der Waals surface area contributed by atoms with Crippen molar-refractivity contribution in [3.63, 3.8) is 0 Å². The topological polar surface area (TPSA) is 170 Å². The number of primary amides is 1. The number of nitrogens with two attached hydrogens (primary N) is 1. The van der Waals surface area contributed by atoms with Crippen LogP contribution in [0.1, 0.15) is 58.2 Å². The lowest BCUT2D eigenvalue weighted by atomic mass is 9.88. The number of benzene rings is 4. The van der Waals surface area contributed by atoms with Crippen LogP contribution >= 0.6 is 34.4 Å². The Labute approximate surface area is 390 Å². The number of halogens is 1. The van der Waals surface area contributed by atoms with Crippen LogP contribution in [-0.4, -0.2) is 86.6 Å². The molecule has 2 N–H and O–H groups in total. The van der Waals surface area contributed by atoms with Gasteiger partial charge in [0.2, 0.25) is 15.8 Å². The number of amides is 1. The van der Waals surface area contributed by atoms with Gasteiger partial charge in [-0.3, -0.25) is 0 Å². The number of ether oxygens (including phenoxy) is 4. The molecule has 18 heteroatoms. The van der Waals surface area contributed by atoms with Gasteiger partial charge in [0, 0.05) is 26.8 Å². The van der Waals surface area contributed by atoms with Gasteiger partial charge >= 0.3 is 6.09 Å². The zero-order valence-corrected chi connectivity index (χ0v) is 42.6. The summed E-state index contributed by atoms with van der Waals surface area (Å²) in [6.07, 6.45) is -1.59. The lowest BCUT2D eigenvalue weighted by Crippen LogP contribution is -2.51. The van der Waals surface area contributed by atoms with Gasteiger partial charge in [-0.25, -0.2) is 13.2 Å². The molecule has 0 unspecified atom stereocenters. The smallest absolute Gasteiger partial charge is 0.404 e. The number of aromatic nitrogens is 4. The lowest BCUT2D eigenvalue weighted by Gasteiger charge is -2.44. The molecule has 0 bridgehead atoms. The summed E-state index contributed by atoms with van der Waals surface area (Å²) in [6.45, 7) is 17.0. The molecule has 2 atom stereocenters. The van der Waals surface area contributed by atoms with Crippen LogP contribution in [0.5, 0.6) is 17.2 Å². The van der Waals surface area contributed by atoms with Crippen molar-refractivity contribution < 1.29 is 36.6 Å². The van der Waals surface area contributed by atoms with Crippen molar-refractivity contribution in [1.82, 2.24) is 24.5 Å². The van der Waals surface area contributed by atoms with Gasteiger partial charge in [-0.1, -0.05) is 77.9 Å². The Kier molecular flexibility index (Phi) is 16.4. The monoisotopic (exact) mass is 1030 g/mol. The molecule has 4 aromatic carbocycles. The van der Waals surface area contributed by atoms with E-state index < -0.39 is 41.2 Å². The summed E-state index contributed by atoms with van der Waals surface area (Å²) in [7, 11) is -2.17. The fourth-order valence-corrected chi connectivity index (χ4v) is 12.2. The summed E-state index contributed by atoms with van der Waals surface area (Å²) >= 11 is 3.50. The second kappa shape index (κ2) is 20.7. The first-order chi connectivity index (χ1) is 29.6. The Morgan fingerprint density at radius 2 is 1.30 bits per heavy atom. The van der Waals surface area contributed by atoms with Crippen LogP contribution in [0.3, 0.4) is 0 Å². The molecule has 0 saturated heterocycles. The number of tetrazole rings is 1. The number of hydrogen-bond donors (Lipinski definition) is 1. The molecule has 0 radical (unpaired) electrons. The molecule has 63 heavy (non-hydrogen) atoms. The van der Waals surface area contributed by atoms with Crippen molar-refractivity contribution in [2.75, 3.05) is 27.9 Å². The van der Waals surface area contributed by atoms with E-state index >= 15 is 8.42 Å². The summed E-state index contributed by atoms with van der Waals surface area (Å²) in [6, 6.07) is 25.8. The molecule has 0 spiro atoms. The minimum Gasteiger partial charge on any atom is -0.497 e. The van der Waals surface area contributed by atoms with Gasteiger partial charge in [-0.05, 0) is 117 Å². The van der Waals surface area contributed by atoms with E-state index in [0.717, 1.165) is 16.7 Å². The number of methoxy groups -OCH3 is 3. The number of nitrogens with zero attached hydrogens (tertiary/aromatic N) is 5. The van der Waals surface area contributed by atoms with E-state index in [-0.39, 0.29) is 42.0 Å². The Bertz CT molecular complexity index is 2370. The fourth-order valence-electron chi connectivity index (χ4n) is 6.48. The molecule has 0 fully saturated rings. The zero-order chi connectivity index (χ0) is 46.3. The first-order valence-electron chi connectivity index (χ1n) is 20.3. The molecule has 5 rings (SSSR count). The van der Waals surface area contributed by atoms with Gasteiger partial charge in [0.15, 0.2) is 8.32 Å². The number of hydrogen-bond acceptors (Lipinski definition) is 12. The van der Waals surface area contributed by atoms with Crippen LogP contribution in [0.4, 0.5) is 4.79 Å². The average Bonchev–Trinajstić information content (AvgIpc) is 3.69. The molecular weight excluding hydrogens is 972 g/mol. The van der Waals surface area contributed by atoms with Gasteiger partial charge in [0.05, 0.1) is 39.5 Å². The van der Waals surface area contributed by atoms with E-state index in [9.17, 15) is 4.79 Å². The van der Waals surface area contributed by atoms with Crippen LogP contribution in [0.15, 0.2) is 94.7 Å². The van der Waals surface area contributed by atoms with Crippen molar-refractivity contribution in [2.24, 2.45) is 11.1 Å². The van der Waals surface area contributed by atoms with Crippen molar-refractivity contribution >= 4 is 58.8 Å². The predicted octanol–water partition coefficient (Wildman–Crippen LogP) is 9.40. The molecule has 1 amide bonds. The molecule has 0 saturated carbocycles. The van der Waals surface area contributed by atoms with Crippen LogP contribution in [0.2, 0.25) is 18.1 Å². The van der Waals surface area contributed by atoms with Gasteiger partial charge in [-0.2, -0.15) is 9.10 Å². The average molecular weight is 1030 g/mol. The van der Waals surface area contributed by atoms with Crippen LogP contribution in [-0.2, 0) is 38.8 Å². The normalized spacial score (nSPS) is 13.4. The van der Waals surface area contributed by atoms with Gasteiger partial charge < -0.3 is 29.1 Å². The van der Waals surface area contributed by atoms with Crippen LogP contribution < -0.4 is 19.9 Å². The highest BCUT2D eigenvalue weighted by Gasteiger charge is 2.45. The molecule has 340 valence electrons. The molecule has 0 aliphatic carbocycles. The number of rotatable bonds is 19. The first kappa shape index (κ1) is 49.8. The number of sulfonamides is 1. The summed E-state index contributed by atoms with van der Waals surface area (Å²) < 4.78 is 62.7. The summed E-state index contributed by atoms with van der Waals surface area (Å²) in [5.41, 5.74) is 7.73. The standard InChI is InChI=1S/C45H59IN6O8S2Si/c1-44(2,3)41(37(29-59-43(47)53)60-63(10,11)45(4,5)6)61-38-25-24-36(46)39(42-48-50-52(49-42)28-32-16-22-35(58-9)23-17-32)40(38)62(54,55)51(26-30-12-18-33(56-7)19-13-30)27-31-14-20-34(57-8)21-15-31/h12-25,37,41H,26-29H2,1-11H3,(H2,47,53)/t37-,41+/m1/s1. The molecule has 5 aromatic rings. The first-order valence-corrected chi connectivity index (χ1v) is 26.6. The second-order valence-corrected chi connectivity index (χ2v) is 26.6. The fraction of sp³-hybridized carbons (Fsp3) is 0.422. The highest BCUT2D eigenvalue weighted by Crippen LogP contribution is 2.47. The predicted molar refractivity (Wildman–Crippen MR) is 257 cm³/mol. The summed E-state index contributed by atoms with van der Waals surface area (Å²) in [5, 5.41) is 13.0. The van der Waals surface area contributed by atoms with Crippen molar-refractivity contribution in [1.29, 1.82) is 0 Å². The Morgan fingerprint density at radius 3 is 1.75 bits per heavy atom. The van der Waals surface area contributed by atoms with Gasteiger partial charge in [0.25, 0.3) is 0 Å². The minimum absolute atomic E-state index is 0.0153. The summed E-state index contributed by atoms with van der Waals surface area (Å²) in [5.74, 6) is 2.15. The second-order valence-electron chi connectivity index (χ2n) is 17.7. The molecule has 14 nitrogen and oxygen atoms in total. The van der Waals surface area contributed by atoms with Gasteiger partial charge in [0.1, 0.15) is 28.8 Å². The van der Waals surface area contributed by atoms with Crippen molar-refractivity contribution in [2.45, 2.75) is 100 Å². The Hall–Kier alpha value is -4.21. The van der Waals surface area contributed by atoms with Crippen molar-refractivity contribution in [3.05, 3.63) is 105 Å². The van der Waals surface area contributed by atoms with Gasteiger partial charge in [-0.15, -0.1) is 22.0 Å². The number of carbonyl (C=O) groups is 1. The maximum Gasteiger partial charge on any atom is 0.404 e. The molecular formula is C45H59IN6O8S2Si. The summed E-state index contributed by atoms with van der Waals surface area (Å²) in [4.78, 5) is 14.0. The van der Waals surface area contributed by atoms with E-state index in [2.05, 4.69) is 87.5 Å². The highest BCUT2D eigenvalue weighted by molar-refractivity contribution is 14.1. The van der Waals surface area contributed by atoms with E-state index in [0.29, 0.717) is 31.3 Å². The van der Waals surface area contributed by atoms with E-state index in [1.165, 1.54) is 20.9 Å². The Morgan fingerprint density at radius 1 is 0.810 bits per heavy atom. The quantitative estimate of drug-likeness (QED) is 0.0473.